The van der Waals surface area contributed by atoms with Gasteiger partial charge in [0.15, 0.2) is 5.65 Å². The predicted octanol–water partition coefficient (Wildman–Crippen LogP) is 1.72. The normalized spacial score (nSPS) is 18.1. The summed E-state index contributed by atoms with van der Waals surface area (Å²) in [6.45, 7) is 3.20. The lowest BCUT2D eigenvalue weighted by atomic mass is 9.80. The topological polar surface area (TPSA) is 79.2 Å². The number of carboxylic acid groups (broad SMARTS) is 1. The van der Waals surface area contributed by atoms with Gasteiger partial charge in [-0.05, 0) is 31.9 Å². The quantitative estimate of drug-likeness (QED) is 0.896. The van der Waals surface area contributed by atoms with Crippen molar-refractivity contribution in [3.63, 3.8) is 0 Å². The molecule has 1 aliphatic rings. The summed E-state index contributed by atoms with van der Waals surface area (Å²) in [7, 11) is 0. The van der Waals surface area contributed by atoms with Crippen molar-refractivity contribution in [1.29, 1.82) is 0 Å². The Balaban J connectivity index is 1.81. The molecule has 0 amide bonds. The first kappa shape index (κ1) is 12.8. The Labute approximate surface area is 116 Å². The predicted molar refractivity (Wildman–Crippen MR) is 74.5 cm³/mol. The molecule has 1 saturated heterocycles. The molecule has 0 aliphatic carbocycles. The molecular weight excluding hydrogens is 256 g/mol. The van der Waals surface area contributed by atoms with E-state index in [2.05, 4.69) is 19.9 Å². The van der Waals surface area contributed by atoms with Crippen molar-refractivity contribution >= 4 is 23.0 Å². The van der Waals surface area contributed by atoms with Crippen LogP contribution in [0.15, 0.2) is 24.5 Å². The molecule has 1 aliphatic heterocycles. The number of fused-ring (bicyclic) bond motifs is 1. The summed E-state index contributed by atoms with van der Waals surface area (Å²) < 4.78 is 0. The van der Waals surface area contributed by atoms with Crippen LogP contribution in [0.4, 0.5) is 5.82 Å². The van der Waals surface area contributed by atoms with Gasteiger partial charge < -0.3 is 10.0 Å². The second kappa shape index (κ2) is 4.70. The molecule has 0 spiro atoms. The summed E-state index contributed by atoms with van der Waals surface area (Å²) in [4.78, 5) is 26.2. The van der Waals surface area contributed by atoms with Crippen LogP contribution in [0.2, 0.25) is 0 Å². The van der Waals surface area contributed by atoms with Gasteiger partial charge in [0.05, 0.1) is 5.41 Å². The molecule has 0 bridgehead atoms. The number of anilines is 1. The van der Waals surface area contributed by atoms with Crippen LogP contribution in [0.1, 0.15) is 19.8 Å². The number of carbonyl (C=O) groups is 1. The van der Waals surface area contributed by atoms with Crippen molar-refractivity contribution in [3.8, 4) is 0 Å². The average molecular weight is 272 g/mol. The van der Waals surface area contributed by atoms with Gasteiger partial charge in [-0.1, -0.05) is 0 Å². The summed E-state index contributed by atoms with van der Waals surface area (Å²) in [6.07, 6.45) is 4.52. The van der Waals surface area contributed by atoms with E-state index in [1.807, 2.05) is 19.1 Å². The van der Waals surface area contributed by atoms with Gasteiger partial charge in [-0.15, -0.1) is 0 Å². The van der Waals surface area contributed by atoms with Gasteiger partial charge in [-0.25, -0.2) is 9.97 Å². The van der Waals surface area contributed by atoms with Gasteiger partial charge in [0, 0.05) is 25.5 Å². The van der Waals surface area contributed by atoms with Crippen molar-refractivity contribution in [1.82, 2.24) is 15.0 Å². The van der Waals surface area contributed by atoms with E-state index in [0.717, 1.165) is 11.3 Å². The monoisotopic (exact) mass is 272 g/mol. The first-order chi connectivity index (χ1) is 9.58. The van der Waals surface area contributed by atoms with Crippen molar-refractivity contribution < 1.29 is 9.90 Å². The van der Waals surface area contributed by atoms with E-state index in [1.165, 1.54) is 0 Å². The fourth-order valence-corrected chi connectivity index (χ4v) is 2.46. The summed E-state index contributed by atoms with van der Waals surface area (Å²) in [5.74, 6) is 0.125. The first-order valence-electron chi connectivity index (χ1n) is 6.65. The van der Waals surface area contributed by atoms with Gasteiger partial charge in [-0.2, -0.15) is 0 Å². The zero-order chi connectivity index (χ0) is 14.2. The van der Waals surface area contributed by atoms with Crippen LogP contribution in [0.25, 0.3) is 11.2 Å². The number of hydrogen-bond acceptors (Lipinski definition) is 5. The molecule has 0 unspecified atom stereocenters. The third-order valence-electron chi connectivity index (χ3n) is 4.02. The zero-order valence-corrected chi connectivity index (χ0v) is 11.3. The summed E-state index contributed by atoms with van der Waals surface area (Å²) >= 11 is 0. The second-order valence-corrected chi connectivity index (χ2v) is 5.42. The highest BCUT2D eigenvalue weighted by Crippen LogP contribution is 2.32. The fraction of sp³-hybridized carbons (Fsp3) is 0.429. The number of hydrogen-bond donors (Lipinski definition) is 1. The van der Waals surface area contributed by atoms with E-state index < -0.39 is 11.4 Å². The molecule has 0 aromatic carbocycles. The number of aliphatic carboxylic acids is 1. The molecule has 104 valence electrons. The number of pyridine rings is 1. The number of piperidine rings is 1. The Morgan fingerprint density at radius 3 is 2.65 bits per heavy atom. The number of nitrogens with zero attached hydrogens (tertiary/aromatic N) is 4. The van der Waals surface area contributed by atoms with E-state index in [1.54, 1.807) is 12.4 Å². The molecule has 20 heavy (non-hydrogen) atoms. The summed E-state index contributed by atoms with van der Waals surface area (Å²) in [5, 5.41) is 9.24. The molecular formula is C14H16N4O2. The maximum atomic E-state index is 11.2. The second-order valence-electron chi connectivity index (χ2n) is 5.42. The van der Waals surface area contributed by atoms with Gasteiger partial charge in [0.2, 0.25) is 0 Å². The summed E-state index contributed by atoms with van der Waals surface area (Å²) in [6, 6.07) is 3.82. The molecule has 2 aromatic rings. The van der Waals surface area contributed by atoms with Crippen LogP contribution in [0, 0.1) is 5.41 Å². The van der Waals surface area contributed by atoms with Gasteiger partial charge >= 0.3 is 5.97 Å². The Morgan fingerprint density at radius 2 is 1.95 bits per heavy atom. The maximum absolute atomic E-state index is 11.2. The largest absolute Gasteiger partial charge is 0.481 e. The highest BCUT2D eigenvalue weighted by Gasteiger charge is 2.37. The van der Waals surface area contributed by atoms with Crippen LogP contribution < -0.4 is 4.90 Å². The molecule has 0 saturated carbocycles. The number of aromatic nitrogens is 3. The van der Waals surface area contributed by atoms with Crippen LogP contribution in [0.5, 0.6) is 0 Å². The van der Waals surface area contributed by atoms with Crippen LogP contribution in [-0.4, -0.2) is 39.1 Å². The summed E-state index contributed by atoms with van der Waals surface area (Å²) in [5.41, 5.74) is 0.771. The van der Waals surface area contributed by atoms with Gasteiger partial charge in [0.25, 0.3) is 0 Å². The minimum Gasteiger partial charge on any atom is -0.481 e. The highest BCUT2D eigenvalue weighted by molar-refractivity contribution is 5.75. The first-order valence-corrected chi connectivity index (χ1v) is 6.65. The lowest BCUT2D eigenvalue weighted by Crippen LogP contribution is -2.43. The maximum Gasteiger partial charge on any atom is 0.309 e. The smallest absolute Gasteiger partial charge is 0.309 e. The van der Waals surface area contributed by atoms with Gasteiger partial charge in [-0.3, -0.25) is 9.78 Å². The van der Waals surface area contributed by atoms with E-state index in [0.29, 0.717) is 31.6 Å². The molecule has 0 radical (unpaired) electrons. The Kier molecular flexibility index (Phi) is 3.00. The van der Waals surface area contributed by atoms with Crippen molar-refractivity contribution in [3.05, 3.63) is 24.5 Å². The highest BCUT2D eigenvalue weighted by atomic mass is 16.4. The molecule has 3 heterocycles. The van der Waals surface area contributed by atoms with E-state index in [-0.39, 0.29) is 0 Å². The third-order valence-corrected chi connectivity index (χ3v) is 4.02. The average Bonchev–Trinajstić information content (AvgIpc) is 2.47. The molecule has 1 N–H and O–H groups in total. The van der Waals surface area contributed by atoms with Gasteiger partial charge in [0.1, 0.15) is 11.3 Å². The Morgan fingerprint density at radius 1 is 1.25 bits per heavy atom. The minimum atomic E-state index is -0.713. The van der Waals surface area contributed by atoms with Crippen molar-refractivity contribution in [2.45, 2.75) is 19.8 Å². The molecule has 3 rings (SSSR count). The van der Waals surface area contributed by atoms with Crippen LogP contribution in [-0.2, 0) is 4.79 Å². The molecule has 2 aromatic heterocycles. The standard InChI is InChI=1S/C14H16N4O2/c1-14(13(19)20)4-8-18(9-5-14)11-3-2-10-12(17-11)16-7-6-15-10/h2-3,6-7H,4-5,8-9H2,1H3,(H,19,20). The van der Waals surface area contributed by atoms with Crippen LogP contribution >= 0.6 is 0 Å². The number of rotatable bonds is 2. The fourth-order valence-electron chi connectivity index (χ4n) is 2.46. The molecule has 0 atom stereocenters. The Bertz CT molecular complexity index is 650. The number of carboxylic acids is 1. The lowest BCUT2D eigenvalue weighted by molar-refractivity contribution is -0.149. The molecule has 1 fully saturated rings. The zero-order valence-electron chi connectivity index (χ0n) is 11.3. The third kappa shape index (κ3) is 2.17. The lowest BCUT2D eigenvalue weighted by Gasteiger charge is -2.37. The van der Waals surface area contributed by atoms with E-state index in [9.17, 15) is 9.90 Å². The molecule has 6 heteroatoms. The SMILES string of the molecule is CC1(C(=O)O)CCN(c2ccc3nccnc3n2)CC1. The van der Waals surface area contributed by atoms with E-state index >= 15 is 0 Å². The van der Waals surface area contributed by atoms with Crippen LogP contribution in [0.3, 0.4) is 0 Å². The molecule has 6 nitrogen and oxygen atoms in total. The Hall–Kier alpha value is -2.24. The van der Waals surface area contributed by atoms with Crippen molar-refractivity contribution in [2.75, 3.05) is 18.0 Å². The van der Waals surface area contributed by atoms with Crippen molar-refractivity contribution in [2.24, 2.45) is 5.41 Å². The van der Waals surface area contributed by atoms with E-state index in [4.69, 9.17) is 0 Å². The minimum absolute atomic E-state index is 0.618.